The molecule has 1 unspecified atom stereocenters. The van der Waals surface area contributed by atoms with E-state index in [2.05, 4.69) is 10.6 Å². The first-order chi connectivity index (χ1) is 8.93. The summed E-state index contributed by atoms with van der Waals surface area (Å²) in [5, 5.41) is 14.1. The van der Waals surface area contributed by atoms with Gasteiger partial charge in [-0.05, 0) is 31.5 Å². The van der Waals surface area contributed by atoms with Gasteiger partial charge in [-0.15, -0.1) is 0 Å². The quantitative estimate of drug-likeness (QED) is 0.759. The molecule has 0 spiro atoms. The van der Waals surface area contributed by atoms with Crippen molar-refractivity contribution < 1.29 is 19.4 Å². The highest BCUT2D eigenvalue weighted by Crippen LogP contribution is 2.16. The summed E-state index contributed by atoms with van der Waals surface area (Å²) in [5.74, 6) is -1.03. The summed E-state index contributed by atoms with van der Waals surface area (Å²) < 4.78 is 5.00. The lowest BCUT2D eigenvalue weighted by atomic mass is 10.1. The summed E-state index contributed by atoms with van der Waals surface area (Å²) in [5.41, 5.74) is 1.40. The number of carboxylic acids is 1. The van der Waals surface area contributed by atoms with Crippen molar-refractivity contribution in [1.82, 2.24) is 5.32 Å². The Morgan fingerprint density at radius 3 is 2.68 bits per heavy atom. The molecule has 0 aliphatic rings. The molecule has 3 N–H and O–H groups in total. The van der Waals surface area contributed by atoms with Crippen molar-refractivity contribution in [3.8, 4) is 0 Å². The van der Waals surface area contributed by atoms with Gasteiger partial charge in [0.25, 0.3) is 0 Å². The Bertz CT molecular complexity index is 474. The van der Waals surface area contributed by atoms with Gasteiger partial charge in [-0.1, -0.05) is 6.07 Å². The molecule has 0 aliphatic heterocycles. The van der Waals surface area contributed by atoms with Crippen molar-refractivity contribution in [3.05, 3.63) is 29.3 Å². The Labute approximate surface area is 111 Å². The van der Waals surface area contributed by atoms with E-state index >= 15 is 0 Å². The zero-order valence-corrected chi connectivity index (χ0v) is 11.2. The van der Waals surface area contributed by atoms with Crippen LogP contribution in [-0.2, 0) is 4.74 Å². The second-order valence-electron chi connectivity index (χ2n) is 4.22. The predicted molar refractivity (Wildman–Crippen MR) is 71.6 cm³/mol. The molecule has 0 saturated heterocycles. The average Bonchev–Trinajstić information content (AvgIpc) is 2.38. The van der Waals surface area contributed by atoms with Gasteiger partial charge in [0.05, 0.1) is 11.7 Å². The molecule has 1 aromatic carbocycles. The smallest absolute Gasteiger partial charge is 0.335 e. The minimum atomic E-state index is -1.03. The number of aryl methyl sites for hydroxylation is 1. The molecule has 6 nitrogen and oxygen atoms in total. The first-order valence-corrected chi connectivity index (χ1v) is 5.85. The van der Waals surface area contributed by atoms with Gasteiger partial charge < -0.3 is 20.5 Å². The maximum atomic E-state index is 11.6. The summed E-state index contributed by atoms with van der Waals surface area (Å²) in [7, 11) is 1.56. The Balaban J connectivity index is 2.68. The van der Waals surface area contributed by atoms with E-state index in [0.29, 0.717) is 12.2 Å². The third-order valence-corrected chi connectivity index (χ3v) is 2.69. The predicted octanol–water partition coefficient (Wildman–Crippen LogP) is 1.85. The number of methoxy groups -OCH3 is 1. The van der Waals surface area contributed by atoms with Crippen molar-refractivity contribution in [2.24, 2.45) is 0 Å². The van der Waals surface area contributed by atoms with Gasteiger partial charge >= 0.3 is 12.0 Å². The number of hydrogen-bond acceptors (Lipinski definition) is 3. The molecule has 0 saturated carbocycles. The van der Waals surface area contributed by atoms with Gasteiger partial charge in [-0.25, -0.2) is 9.59 Å². The number of rotatable bonds is 5. The van der Waals surface area contributed by atoms with E-state index < -0.39 is 12.0 Å². The number of anilines is 1. The van der Waals surface area contributed by atoms with Crippen LogP contribution >= 0.6 is 0 Å². The van der Waals surface area contributed by atoms with E-state index in [9.17, 15) is 9.59 Å². The van der Waals surface area contributed by atoms with Gasteiger partial charge in [0.2, 0.25) is 0 Å². The average molecular weight is 266 g/mol. The van der Waals surface area contributed by atoms with Crippen LogP contribution in [0, 0.1) is 6.92 Å². The van der Waals surface area contributed by atoms with Crippen LogP contribution in [0.15, 0.2) is 18.2 Å². The van der Waals surface area contributed by atoms with Crippen molar-refractivity contribution in [2.75, 3.05) is 19.0 Å². The summed E-state index contributed by atoms with van der Waals surface area (Å²) in [6.07, 6.45) is -0.0859. The number of ether oxygens (including phenoxy) is 1. The van der Waals surface area contributed by atoms with Crippen molar-refractivity contribution in [3.63, 3.8) is 0 Å². The zero-order valence-electron chi connectivity index (χ0n) is 11.2. The first-order valence-electron chi connectivity index (χ1n) is 5.85. The van der Waals surface area contributed by atoms with Crippen LogP contribution < -0.4 is 10.6 Å². The number of urea groups is 1. The molecule has 19 heavy (non-hydrogen) atoms. The van der Waals surface area contributed by atoms with Crippen LogP contribution in [0.3, 0.4) is 0 Å². The molecule has 2 amide bonds. The van der Waals surface area contributed by atoms with E-state index in [-0.39, 0.29) is 11.7 Å². The van der Waals surface area contributed by atoms with Crippen molar-refractivity contribution in [2.45, 2.75) is 20.0 Å². The van der Waals surface area contributed by atoms with Crippen LogP contribution in [0.2, 0.25) is 0 Å². The van der Waals surface area contributed by atoms with Crippen LogP contribution in [0.4, 0.5) is 10.5 Å². The standard InChI is InChI=1S/C13H18N2O4/c1-8-4-5-10(12(16)17)6-11(8)15-13(18)14-7-9(2)19-3/h4-6,9H,7H2,1-3H3,(H,16,17)(H2,14,15,18). The van der Waals surface area contributed by atoms with Crippen LogP contribution in [-0.4, -0.2) is 36.9 Å². The van der Waals surface area contributed by atoms with E-state index in [4.69, 9.17) is 9.84 Å². The Kier molecular flexibility index (Phi) is 5.32. The van der Waals surface area contributed by atoms with Crippen molar-refractivity contribution in [1.29, 1.82) is 0 Å². The molecule has 0 aliphatic carbocycles. The lowest BCUT2D eigenvalue weighted by molar-refractivity contribution is 0.0697. The molecule has 0 bridgehead atoms. The fourth-order valence-corrected chi connectivity index (χ4v) is 1.38. The molecule has 1 rings (SSSR count). The molecular formula is C13H18N2O4. The molecule has 0 fully saturated rings. The molecule has 0 heterocycles. The Morgan fingerprint density at radius 2 is 2.11 bits per heavy atom. The summed E-state index contributed by atoms with van der Waals surface area (Å²) in [6, 6.07) is 4.18. The van der Waals surface area contributed by atoms with Gasteiger partial charge in [0, 0.05) is 19.3 Å². The van der Waals surface area contributed by atoms with Gasteiger partial charge in [0.15, 0.2) is 0 Å². The minimum Gasteiger partial charge on any atom is -0.478 e. The number of hydrogen-bond donors (Lipinski definition) is 3. The van der Waals surface area contributed by atoms with Crippen LogP contribution in [0.25, 0.3) is 0 Å². The van der Waals surface area contributed by atoms with Gasteiger partial charge in [0.1, 0.15) is 0 Å². The number of carbonyl (C=O) groups excluding carboxylic acids is 1. The van der Waals surface area contributed by atoms with Crippen molar-refractivity contribution >= 4 is 17.7 Å². The largest absolute Gasteiger partial charge is 0.478 e. The van der Waals surface area contributed by atoms with E-state index in [1.165, 1.54) is 12.1 Å². The first kappa shape index (κ1) is 15.0. The number of carbonyl (C=O) groups is 2. The SMILES string of the molecule is COC(C)CNC(=O)Nc1cc(C(=O)O)ccc1C. The number of amides is 2. The highest BCUT2D eigenvalue weighted by Gasteiger charge is 2.09. The summed E-state index contributed by atoms with van der Waals surface area (Å²) >= 11 is 0. The second kappa shape index (κ2) is 6.75. The molecule has 1 aromatic rings. The summed E-state index contributed by atoms with van der Waals surface area (Å²) in [6.45, 7) is 4.00. The molecule has 6 heteroatoms. The van der Waals surface area contributed by atoms with E-state index in [1.807, 2.05) is 6.92 Å². The number of aromatic carboxylic acids is 1. The highest BCUT2D eigenvalue weighted by molar-refractivity contribution is 5.93. The molecule has 0 radical (unpaired) electrons. The zero-order chi connectivity index (χ0) is 14.4. The third kappa shape index (κ3) is 4.59. The van der Waals surface area contributed by atoms with Gasteiger partial charge in [-0.3, -0.25) is 0 Å². The summed E-state index contributed by atoms with van der Waals surface area (Å²) in [4.78, 5) is 22.5. The van der Waals surface area contributed by atoms with E-state index in [1.54, 1.807) is 20.1 Å². The highest BCUT2D eigenvalue weighted by atomic mass is 16.5. The number of benzene rings is 1. The Hall–Kier alpha value is -2.08. The Morgan fingerprint density at radius 1 is 1.42 bits per heavy atom. The van der Waals surface area contributed by atoms with Crippen LogP contribution in [0.5, 0.6) is 0 Å². The molecule has 1 atom stereocenters. The molecule has 104 valence electrons. The minimum absolute atomic E-state index is 0.0859. The monoisotopic (exact) mass is 266 g/mol. The second-order valence-corrected chi connectivity index (χ2v) is 4.22. The maximum absolute atomic E-state index is 11.6. The van der Waals surface area contributed by atoms with Crippen LogP contribution in [0.1, 0.15) is 22.8 Å². The molecular weight excluding hydrogens is 248 g/mol. The molecule has 0 aromatic heterocycles. The normalized spacial score (nSPS) is 11.7. The maximum Gasteiger partial charge on any atom is 0.335 e. The van der Waals surface area contributed by atoms with Gasteiger partial charge in [-0.2, -0.15) is 0 Å². The topological polar surface area (TPSA) is 87.7 Å². The lowest BCUT2D eigenvalue weighted by Gasteiger charge is -2.13. The van der Waals surface area contributed by atoms with E-state index in [0.717, 1.165) is 5.56 Å². The fraction of sp³-hybridized carbons (Fsp3) is 0.385. The number of nitrogens with one attached hydrogen (secondary N) is 2. The fourth-order valence-electron chi connectivity index (χ4n) is 1.38. The lowest BCUT2D eigenvalue weighted by Crippen LogP contribution is -2.35. The number of carboxylic acid groups (broad SMARTS) is 1. The third-order valence-electron chi connectivity index (χ3n) is 2.69.